The molecule has 1 aliphatic heterocycles. The van der Waals surface area contributed by atoms with Gasteiger partial charge in [-0.2, -0.15) is 8.42 Å². The minimum absolute atomic E-state index is 0.0367. The molecule has 3 heterocycles. The van der Waals surface area contributed by atoms with Crippen molar-refractivity contribution >= 4 is 27.5 Å². The van der Waals surface area contributed by atoms with Crippen molar-refractivity contribution in [3.63, 3.8) is 0 Å². The monoisotopic (exact) mass is 517 g/mol. The molecule has 1 aliphatic carbocycles. The lowest BCUT2D eigenvalue weighted by molar-refractivity contribution is -0.0660. The quantitative estimate of drug-likeness (QED) is 0.463. The molecule has 34 heavy (non-hydrogen) atoms. The first kappa shape index (κ1) is 25.3. The minimum Gasteiger partial charge on any atom is -0.383 e. The molecule has 0 bridgehead atoms. The second-order valence-corrected chi connectivity index (χ2v) is 11.2. The first-order chi connectivity index (χ1) is 16.1. The number of aliphatic hydroxyl groups excluding tert-OH is 1. The third-order valence-corrected chi connectivity index (χ3v) is 7.71. The second kappa shape index (κ2) is 10.5. The molecule has 2 aromatic rings. The minimum atomic E-state index is -3.96. The zero-order valence-electron chi connectivity index (χ0n) is 18.6. The van der Waals surface area contributed by atoms with Gasteiger partial charge < -0.3 is 10.4 Å². The Morgan fingerprint density at radius 2 is 2.24 bits per heavy atom. The van der Waals surface area contributed by atoms with Crippen LogP contribution in [0, 0.1) is 5.92 Å². The SMILES string of the molecule is NS(=O)(=O)OC[C@@H]1CC[C@H](Nc2ncncc2C(O)c2cc(CN3CCCC(F)(F)C3)cs2)C1. The molecular weight excluding hydrogens is 488 g/mol. The normalized spacial score (nSPS) is 24.2. The Bertz CT molecular complexity index is 1080. The summed E-state index contributed by atoms with van der Waals surface area (Å²) in [5.41, 5.74) is 1.40. The molecule has 4 N–H and O–H groups in total. The summed E-state index contributed by atoms with van der Waals surface area (Å²) in [6.07, 6.45) is 4.64. The highest BCUT2D eigenvalue weighted by molar-refractivity contribution is 7.84. The lowest BCUT2D eigenvalue weighted by Gasteiger charge is -2.32. The predicted octanol–water partition coefficient (Wildman–Crippen LogP) is 2.65. The van der Waals surface area contributed by atoms with Crippen LogP contribution in [0.15, 0.2) is 24.0 Å². The topological polar surface area (TPSA) is 131 Å². The van der Waals surface area contributed by atoms with Crippen LogP contribution in [0.1, 0.15) is 54.2 Å². The first-order valence-corrected chi connectivity index (χ1v) is 13.5. The average molecular weight is 518 g/mol. The zero-order valence-corrected chi connectivity index (χ0v) is 20.2. The van der Waals surface area contributed by atoms with Crippen LogP contribution in [0.2, 0.25) is 0 Å². The van der Waals surface area contributed by atoms with Crippen LogP contribution >= 0.6 is 11.3 Å². The second-order valence-electron chi connectivity index (χ2n) is 9.05. The number of nitrogens with two attached hydrogens (primary N) is 1. The van der Waals surface area contributed by atoms with E-state index in [1.165, 1.54) is 17.7 Å². The third-order valence-electron chi connectivity index (χ3n) is 6.21. The van der Waals surface area contributed by atoms with Crippen LogP contribution in [0.4, 0.5) is 14.6 Å². The fourth-order valence-corrected chi connectivity index (χ4v) is 5.90. The van der Waals surface area contributed by atoms with Crippen LogP contribution in [-0.4, -0.2) is 60.1 Å². The van der Waals surface area contributed by atoms with E-state index in [1.807, 2.05) is 11.4 Å². The van der Waals surface area contributed by atoms with Gasteiger partial charge in [0.2, 0.25) is 0 Å². The Morgan fingerprint density at radius 3 is 3.00 bits per heavy atom. The maximum absolute atomic E-state index is 13.7. The largest absolute Gasteiger partial charge is 0.383 e. The summed E-state index contributed by atoms with van der Waals surface area (Å²) in [4.78, 5) is 10.8. The number of hydrogen-bond donors (Lipinski definition) is 3. The van der Waals surface area contributed by atoms with Gasteiger partial charge in [0.25, 0.3) is 5.92 Å². The number of anilines is 1. The van der Waals surface area contributed by atoms with E-state index in [4.69, 9.17) is 9.32 Å². The van der Waals surface area contributed by atoms with Gasteiger partial charge in [-0.3, -0.25) is 9.08 Å². The smallest absolute Gasteiger partial charge is 0.333 e. The maximum atomic E-state index is 13.7. The highest BCUT2D eigenvalue weighted by Crippen LogP contribution is 2.34. The van der Waals surface area contributed by atoms with E-state index >= 15 is 0 Å². The van der Waals surface area contributed by atoms with E-state index in [0.29, 0.717) is 42.2 Å². The number of nitrogens with one attached hydrogen (secondary N) is 1. The van der Waals surface area contributed by atoms with Crippen LogP contribution in [0.3, 0.4) is 0 Å². The number of alkyl halides is 2. The summed E-state index contributed by atoms with van der Waals surface area (Å²) >= 11 is 1.37. The highest BCUT2D eigenvalue weighted by Gasteiger charge is 2.35. The Hall–Kier alpha value is -1.77. The molecule has 1 saturated carbocycles. The van der Waals surface area contributed by atoms with Crippen LogP contribution in [-0.2, 0) is 21.0 Å². The van der Waals surface area contributed by atoms with Crippen molar-refractivity contribution in [1.29, 1.82) is 0 Å². The number of hydrogen-bond acceptors (Lipinski definition) is 9. The molecule has 0 amide bonds. The predicted molar refractivity (Wildman–Crippen MR) is 124 cm³/mol. The summed E-state index contributed by atoms with van der Waals surface area (Å²) in [7, 11) is -3.96. The molecule has 1 unspecified atom stereocenters. The summed E-state index contributed by atoms with van der Waals surface area (Å²) in [5.74, 6) is -2.10. The number of likely N-dealkylation sites (tertiary alicyclic amines) is 1. The van der Waals surface area contributed by atoms with Gasteiger partial charge >= 0.3 is 10.3 Å². The molecular formula is C21H29F2N5O4S2. The van der Waals surface area contributed by atoms with Gasteiger partial charge in [0.1, 0.15) is 18.2 Å². The summed E-state index contributed by atoms with van der Waals surface area (Å²) < 4.78 is 54.2. The van der Waals surface area contributed by atoms with E-state index < -0.39 is 22.3 Å². The van der Waals surface area contributed by atoms with Gasteiger partial charge in [-0.25, -0.2) is 23.9 Å². The molecule has 2 aromatic heterocycles. The van der Waals surface area contributed by atoms with E-state index in [9.17, 15) is 22.3 Å². The molecule has 4 rings (SSSR count). The number of rotatable bonds is 9. The standard InChI is InChI=1S/C21H29F2N5O4S2/c22-21(23)4-1-5-28(12-21)9-15-7-18(33-11-15)19(29)17-8-25-13-26-20(17)27-16-3-2-14(6-16)10-32-34(24,30)31/h7-8,11,13-14,16,19,29H,1-6,9-10,12H2,(H2,24,30,31)(H,25,26,27)/t14-,16+,19?/m1/s1. The van der Waals surface area contributed by atoms with Crippen molar-refractivity contribution in [2.45, 2.75) is 56.7 Å². The van der Waals surface area contributed by atoms with E-state index in [2.05, 4.69) is 15.3 Å². The number of halogens is 2. The van der Waals surface area contributed by atoms with Crippen LogP contribution in [0.5, 0.6) is 0 Å². The third kappa shape index (κ3) is 6.89. The number of nitrogens with zero attached hydrogens (tertiary/aromatic N) is 3. The van der Waals surface area contributed by atoms with Crippen molar-refractivity contribution in [1.82, 2.24) is 14.9 Å². The lowest BCUT2D eigenvalue weighted by atomic mass is 10.1. The number of thiophene rings is 1. The summed E-state index contributed by atoms with van der Waals surface area (Å²) in [5, 5.41) is 21.2. The van der Waals surface area contributed by atoms with Crippen molar-refractivity contribution in [2.24, 2.45) is 11.1 Å². The first-order valence-electron chi connectivity index (χ1n) is 11.2. The van der Waals surface area contributed by atoms with Gasteiger partial charge in [0.15, 0.2) is 0 Å². The molecule has 2 fully saturated rings. The van der Waals surface area contributed by atoms with E-state index in [1.54, 1.807) is 11.1 Å². The van der Waals surface area contributed by atoms with Crippen LogP contribution in [0.25, 0.3) is 0 Å². The highest BCUT2D eigenvalue weighted by atomic mass is 32.2. The number of aromatic nitrogens is 2. The van der Waals surface area contributed by atoms with Gasteiger partial charge in [-0.15, -0.1) is 11.3 Å². The summed E-state index contributed by atoms with van der Waals surface area (Å²) in [6, 6.07) is 1.88. The molecule has 9 nitrogen and oxygen atoms in total. The fraction of sp³-hybridized carbons (Fsp3) is 0.619. The zero-order chi connectivity index (χ0) is 24.3. The Balaban J connectivity index is 1.38. The maximum Gasteiger partial charge on any atom is 0.333 e. The van der Waals surface area contributed by atoms with Gasteiger partial charge in [-0.05, 0) is 55.2 Å². The van der Waals surface area contributed by atoms with E-state index in [-0.39, 0.29) is 31.5 Å². The van der Waals surface area contributed by atoms with Crippen molar-refractivity contribution < 1.29 is 26.5 Å². The van der Waals surface area contributed by atoms with Gasteiger partial charge in [0.05, 0.1) is 13.2 Å². The van der Waals surface area contributed by atoms with Crippen molar-refractivity contribution in [3.05, 3.63) is 40.0 Å². The van der Waals surface area contributed by atoms with Gasteiger partial charge in [0, 0.05) is 35.6 Å². The fourth-order valence-electron chi connectivity index (χ4n) is 4.62. The van der Waals surface area contributed by atoms with Crippen molar-refractivity contribution in [3.8, 4) is 0 Å². The molecule has 0 aromatic carbocycles. The molecule has 0 spiro atoms. The van der Waals surface area contributed by atoms with Crippen LogP contribution < -0.4 is 10.5 Å². The molecule has 3 atom stereocenters. The lowest BCUT2D eigenvalue weighted by Crippen LogP contribution is -2.41. The molecule has 0 radical (unpaired) electrons. The van der Waals surface area contributed by atoms with Gasteiger partial charge in [-0.1, -0.05) is 0 Å². The Morgan fingerprint density at radius 1 is 1.41 bits per heavy atom. The number of aliphatic hydroxyl groups is 1. The average Bonchev–Trinajstić information content (AvgIpc) is 3.41. The molecule has 2 aliphatic rings. The number of piperidine rings is 1. The Labute approximate surface area is 201 Å². The van der Waals surface area contributed by atoms with E-state index in [0.717, 1.165) is 18.4 Å². The Kier molecular flexibility index (Phi) is 7.79. The summed E-state index contributed by atoms with van der Waals surface area (Å²) in [6.45, 7) is 0.844. The van der Waals surface area contributed by atoms with Crippen molar-refractivity contribution in [2.75, 3.05) is 25.0 Å². The molecule has 13 heteroatoms. The molecule has 1 saturated heterocycles. The molecule has 188 valence electrons.